The van der Waals surface area contributed by atoms with E-state index < -0.39 is 0 Å². The molecule has 2 nitrogen and oxygen atoms in total. The minimum absolute atomic E-state index is 0.0283. The molecule has 1 N–H and O–H groups in total. The van der Waals surface area contributed by atoms with Gasteiger partial charge in [-0.3, -0.25) is 4.79 Å². The summed E-state index contributed by atoms with van der Waals surface area (Å²) >= 11 is 0. The lowest BCUT2D eigenvalue weighted by atomic mass is 10.0. The summed E-state index contributed by atoms with van der Waals surface area (Å²) in [5.41, 5.74) is 2.77. The minimum atomic E-state index is -0.0283. The predicted molar refractivity (Wildman–Crippen MR) is 64.6 cm³/mol. The van der Waals surface area contributed by atoms with E-state index >= 15 is 0 Å². The van der Waals surface area contributed by atoms with Crippen LogP contribution in [0.5, 0.6) is 0 Å². The SMILES string of the molecule is CC(=O)c1cc(C)ccc1NC(C)(C)C. The molecule has 0 radical (unpaired) electrons. The summed E-state index contributed by atoms with van der Waals surface area (Å²) in [6.45, 7) is 9.83. The summed E-state index contributed by atoms with van der Waals surface area (Å²) in [5.74, 6) is 0.102. The molecular weight excluding hydrogens is 186 g/mol. The van der Waals surface area contributed by atoms with E-state index in [1.807, 2.05) is 25.1 Å². The van der Waals surface area contributed by atoms with E-state index in [1.54, 1.807) is 6.92 Å². The van der Waals surface area contributed by atoms with Crippen LogP contribution in [0.1, 0.15) is 43.6 Å². The topological polar surface area (TPSA) is 29.1 Å². The van der Waals surface area contributed by atoms with E-state index in [9.17, 15) is 4.79 Å². The number of Topliss-reactive ketones (excluding diaryl/α,β-unsaturated/α-hetero) is 1. The van der Waals surface area contributed by atoms with Crippen LogP contribution in [0.25, 0.3) is 0 Å². The molecule has 1 aromatic carbocycles. The Bertz CT molecular complexity index is 375. The highest BCUT2D eigenvalue weighted by atomic mass is 16.1. The Morgan fingerprint density at radius 3 is 2.33 bits per heavy atom. The quantitative estimate of drug-likeness (QED) is 0.750. The van der Waals surface area contributed by atoms with Crippen LogP contribution in [0.4, 0.5) is 5.69 Å². The van der Waals surface area contributed by atoms with Crippen molar-refractivity contribution in [3.8, 4) is 0 Å². The molecule has 82 valence electrons. The molecule has 0 unspecified atom stereocenters. The number of carbonyl (C=O) groups excluding carboxylic acids is 1. The number of hydrogen-bond donors (Lipinski definition) is 1. The fourth-order valence-corrected chi connectivity index (χ4v) is 1.46. The molecule has 0 aromatic heterocycles. The van der Waals surface area contributed by atoms with Gasteiger partial charge in [0.25, 0.3) is 0 Å². The second-order valence-electron chi connectivity index (χ2n) is 4.98. The normalized spacial score (nSPS) is 11.3. The molecule has 0 heterocycles. The van der Waals surface area contributed by atoms with Crippen LogP contribution in [-0.4, -0.2) is 11.3 Å². The van der Waals surface area contributed by atoms with Gasteiger partial charge in [-0.15, -0.1) is 0 Å². The zero-order valence-electron chi connectivity index (χ0n) is 10.1. The molecule has 0 saturated carbocycles. The zero-order chi connectivity index (χ0) is 11.6. The summed E-state index contributed by atoms with van der Waals surface area (Å²) in [5, 5.41) is 3.34. The zero-order valence-corrected chi connectivity index (χ0v) is 10.1. The molecule has 1 aromatic rings. The maximum absolute atomic E-state index is 11.5. The van der Waals surface area contributed by atoms with Crippen molar-refractivity contribution >= 4 is 11.5 Å². The lowest BCUT2D eigenvalue weighted by Crippen LogP contribution is -2.27. The van der Waals surface area contributed by atoms with Crippen molar-refractivity contribution in [2.24, 2.45) is 0 Å². The molecule has 15 heavy (non-hydrogen) atoms. The van der Waals surface area contributed by atoms with Crippen LogP contribution in [0, 0.1) is 6.92 Å². The second kappa shape index (κ2) is 4.05. The summed E-state index contributed by atoms with van der Waals surface area (Å²) in [7, 11) is 0. The summed E-state index contributed by atoms with van der Waals surface area (Å²) in [6.07, 6.45) is 0. The van der Waals surface area contributed by atoms with Gasteiger partial charge in [-0.1, -0.05) is 11.6 Å². The van der Waals surface area contributed by atoms with Crippen LogP contribution >= 0.6 is 0 Å². The molecule has 0 spiro atoms. The highest BCUT2D eigenvalue weighted by molar-refractivity contribution is 5.99. The Morgan fingerprint density at radius 1 is 1.27 bits per heavy atom. The first-order chi connectivity index (χ1) is 6.79. The van der Waals surface area contributed by atoms with Gasteiger partial charge < -0.3 is 5.32 Å². The monoisotopic (exact) mass is 205 g/mol. The van der Waals surface area contributed by atoms with Gasteiger partial charge in [0, 0.05) is 16.8 Å². The standard InChI is InChI=1S/C13H19NO/c1-9-6-7-12(14-13(3,4)5)11(8-9)10(2)15/h6-8,14H,1-5H3. The maximum Gasteiger partial charge on any atom is 0.161 e. The highest BCUT2D eigenvalue weighted by Gasteiger charge is 2.14. The molecule has 0 aliphatic rings. The van der Waals surface area contributed by atoms with Crippen LogP contribution in [-0.2, 0) is 0 Å². The number of carbonyl (C=O) groups is 1. The largest absolute Gasteiger partial charge is 0.380 e. The van der Waals surface area contributed by atoms with Crippen molar-refractivity contribution in [2.45, 2.75) is 40.2 Å². The van der Waals surface area contributed by atoms with Gasteiger partial charge in [-0.05, 0) is 46.8 Å². The highest BCUT2D eigenvalue weighted by Crippen LogP contribution is 2.21. The molecule has 1 rings (SSSR count). The Hall–Kier alpha value is -1.31. The van der Waals surface area contributed by atoms with Crippen molar-refractivity contribution < 1.29 is 4.79 Å². The molecule has 0 aliphatic carbocycles. The van der Waals surface area contributed by atoms with E-state index in [0.29, 0.717) is 0 Å². The van der Waals surface area contributed by atoms with Crippen LogP contribution < -0.4 is 5.32 Å². The van der Waals surface area contributed by atoms with Crippen molar-refractivity contribution in [1.29, 1.82) is 0 Å². The average molecular weight is 205 g/mol. The average Bonchev–Trinajstić information content (AvgIpc) is 2.05. The van der Waals surface area contributed by atoms with Gasteiger partial charge in [0.05, 0.1) is 0 Å². The number of nitrogens with one attached hydrogen (secondary N) is 1. The van der Waals surface area contributed by atoms with Gasteiger partial charge in [0.15, 0.2) is 5.78 Å². The number of ketones is 1. The summed E-state index contributed by atoms with van der Waals surface area (Å²) in [4.78, 5) is 11.5. The van der Waals surface area contributed by atoms with E-state index in [-0.39, 0.29) is 11.3 Å². The van der Waals surface area contributed by atoms with Crippen molar-refractivity contribution in [3.63, 3.8) is 0 Å². The van der Waals surface area contributed by atoms with Crippen LogP contribution in [0.2, 0.25) is 0 Å². The van der Waals surface area contributed by atoms with Crippen molar-refractivity contribution in [1.82, 2.24) is 0 Å². The number of rotatable bonds is 2. The lowest BCUT2D eigenvalue weighted by Gasteiger charge is -2.23. The Kier molecular flexibility index (Phi) is 3.18. The van der Waals surface area contributed by atoms with E-state index in [2.05, 4.69) is 26.1 Å². The van der Waals surface area contributed by atoms with Crippen LogP contribution in [0.3, 0.4) is 0 Å². The first kappa shape index (κ1) is 11.8. The molecule has 0 fully saturated rings. The minimum Gasteiger partial charge on any atom is -0.380 e. The molecule has 2 heteroatoms. The molecule has 0 bridgehead atoms. The number of anilines is 1. The van der Waals surface area contributed by atoms with E-state index in [0.717, 1.165) is 16.8 Å². The molecular formula is C13H19NO. The third kappa shape index (κ3) is 3.39. The summed E-state index contributed by atoms with van der Waals surface area (Å²) in [6, 6.07) is 5.91. The third-order valence-electron chi connectivity index (χ3n) is 2.06. The number of benzene rings is 1. The number of aryl methyl sites for hydroxylation is 1. The number of hydrogen-bond acceptors (Lipinski definition) is 2. The molecule has 0 aliphatic heterocycles. The van der Waals surface area contributed by atoms with E-state index in [1.165, 1.54) is 0 Å². The van der Waals surface area contributed by atoms with Gasteiger partial charge in [0.1, 0.15) is 0 Å². The van der Waals surface area contributed by atoms with E-state index in [4.69, 9.17) is 0 Å². The van der Waals surface area contributed by atoms with Crippen molar-refractivity contribution in [2.75, 3.05) is 5.32 Å². The van der Waals surface area contributed by atoms with Gasteiger partial charge in [-0.2, -0.15) is 0 Å². The first-order valence-electron chi connectivity index (χ1n) is 5.19. The fourth-order valence-electron chi connectivity index (χ4n) is 1.46. The predicted octanol–water partition coefficient (Wildman–Crippen LogP) is 3.41. The molecule has 0 saturated heterocycles. The second-order valence-corrected chi connectivity index (χ2v) is 4.98. The fraction of sp³-hybridized carbons (Fsp3) is 0.462. The Morgan fingerprint density at radius 2 is 1.87 bits per heavy atom. The van der Waals surface area contributed by atoms with Crippen LogP contribution in [0.15, 0.2) is 18.2 Å². The Labute approximate surface area is 91.7 Å². The van der Waals surface area contributed by atoms with Crippen molar-refractivity contribution in [3.05, 3.63) is 29.3 Å². The maximum atomic E-state index is 11.5. The molecule has 0 atom stereocenters. The summed E-state index contributed by atoms with van der Waals surface area (Å²) < 4.78 is 0. The van der Waals surface area contributed by atoms with Gasteiger partial charge in [0.2, 0.25) is 0 Å². The third-order valence-corrected chi connectivity index (χ3v) is 2.06. The van der Waals surface area contributed by atoms with Gasteiger partial charge in [-0.25, -0.2) is 0 Å². The Balaban J connectivity index is 3.12. The lowest BCUT2D eigenvalue weighted by molar-refractivity contribution is 0.101. The van der Waals surface area contributed by atoms with Gasteiger partial charge >= 0.3 is 0 Å². The first-order valence-corrected chi connectivity index (χ1v) is 5.19. The smallest absolute Gasteiger partial charge is 0.161 e. The molecule has 0 amide bonds.